The molecule has 0 aliphatic carbocycles. The predicted molar refractivity (Wildman–Crippen MR) is 96.9 cm³/mol. The van der Waals surface area contributed by atoms with E-state index < -0.39 is 0 Å². The number of aryl methyl sites for hydroxylation is 2. The fraction of sp³-hybridized carbons (Fsp3) is 0.211. The number of hydrogen-bond acceptors (Lipinski definition) is 2. The van der Waals surface area contributed by atoms with E-state index in [1.165, 1.54) is 16.7 Å². The zero-order chi connectivity index (χ0) is 16.4. The SMILES string of the molecule is Cc1ccc(-c2cnc(NCc3cccc(Cl)c3)n2C)cc1C. The predicted octanol–water partition coefficient (Wildman–Crippen LogP) is 4.97. The molecule has 0 aliphatic heterocycles. The Balaban J connectivity index is 1.80. The van der Waals surface area contributed by atoms with Crippen LogP contribution in [-0.2, 0) is 13.6 Å². The first-order chi connectivity index (χ1) is 11.0. The summed E-state index contributed by atoms with van der Waals surface area (Å²) in [5.41, 5.74) is 6.00. The second-order valence-corrected chi connectivity index (χ2v) is 6.25. The number of halogens is 1. The highest BCUT2D eigenvalue weighted by Gasteiger charge is 2.09. The molecule has 3 nitrogen and oxygen atoms in total. The van der Waals surface area contributed by atoms with Gasteiger partial charge in [-0.25, -0.2) is 4.98 Å². The topological polar surface area (TPSA) is 29.9 Å². The third-order valence-corrected chi connectivity index (χ3v) is 4.37. The van der Waals surface area contributed by atoms with Crippen LogP contribution in [0.3, 0.4) is 0 Å². The van der Waals surface area contributed by atoms with Gasteiger partial charge in [-0.3, -0.25) is 0 Å². The van der Waals surface area contributed by atoms with E-state index >= 15 is 0 Å². The summed E-state index contributed by atoms with van der Waals surface area (Å²) >= 11 is 6.02. The van der Waals surface area contributed by atoms with Gasteiger partial charge < -0.3 is 9.88 Å². The van der Waals surface area contributed by atoms with Crippen LogP contribution in [0.1, 0.15) is 16.7 Å². The van der Waals surface area contributed by atoms with E-state index in [1.54, 1.807) is 0 Å². The van der Waals surface area contributed by atoms with Crippen molar-refractivity contribution in [3.63, 3.8) is 0 Å². The van der Waals surface area contributed by atoms with E-state index in [1.807, 2.05) is 37.5 Å². The zero-order valence-electron chi connectivity index (χ0n) is 13.6. The Kier molecular flexibility index (Phi) is 4.39. The molecule has 0 radical (unpaired) electrons. The summed E-state index contributed by atoms with van der Waals surface area (Å²) in [5, 5.41) is 4.12. The Labute approximate surface area is 141 Å². The van der Waals surface area contributed by atoms with Crippen molar-refractivity contribution < 1.29 is 0 Å². The van der Waals surface area contributed by atoms with Gasteiger partial charge in [0.15, 0.2) is 0 Å². The molecule has 3 rings (SSSR count). The van der Waals surface area contributed by atoms with E-state index in [2.05, 4.69) is 46.9 Å². The van der Waals surface area contributed by atoms with Crippen LogP contribution in [0.5, 0.6) is 0 Å². The number of rotatable bonds is 4. The largest absolute Gasteiger partial charge is 0.352 e. The van der Waals surface area contributed by atoms with E-state index in [9.17, 15) is 0 Å². The Morgan fingerprint density at radius 2 is 1.91 bits per heavy atom. The summed E-state index contributed by atoms with van der Waals surface area (Å²) in [7, 11) is 2.03. The molecule has 0 saturated carbocycles. The first-order valence-electron chi connectivity index (χ1n) is 7.62. The van der Waals surface area contributed by atoms with Gasteiger partial charge in [-0.15, -0.1) is 0 Å². The number of imidazole rings is 1. The Hall–Kier alpha value is -2.26. The van der Waals surface area contributed by atoms with Crippen LogP contribution in [0.4, 0.5) is 5.95 Å². The maximum atomic E-state index is 6.02. The third kappa shape index (κ3) is 3.40. The van der Waals surface area contributed by atoms with Crippen LogP contribution in [0.25, 0.3) is 11.3 Å². The molecule has 3 aromatic rings. The van der Waals surface area contributed by atoms with Crippen LogP contribution in [0.2, 0.25) is 5.02 Å². The molecule has 1 aromatic heterocycles. The molecule has 0 saturated heterocycles. The van der Waals surface area contributed by atoms with Crippen molar-refractivity contribution in [2.75, 3.05) is 5.32 Å². The minimum Gasteiger partial charge on any atom is -0.352 e. The molecule has 0 amide bonds. The second-order valence-electron chi connectivity index (χ2n) is 5.81. The smallest absolute Gasteiger partial charge is 0.203 e. The van der Waals surface area contributed by atoms with Gasteiger partial charge >= 0.3 is 0 Å². The standard InChI is InChI=1S/C19H20ClN3/c1-13-7-8-16(9-14(13)2)18-12-22-19(23(18)3)21-11-15-5-4-6-17(20)10-15/h4-10,12H,11H2,1-3H3,(H,21,22). The summed E-state index contributed by atoms with van der Waals surface area (Å²) in [5.74, 6) is 0.846. The average molecular weight is 326 g/mol. The van der Waals surface area contributed by atoms with Crippen molar-refractivity contribution in [1.82, 2.24) is 9.55 Å². The lowest BCUT2D eigenvalue weighted by Crippen LogP contribution is -2.05. The first kappa shape index (κ1) is 15.6. The summed E-state index contributed by atoms with van der Waals surface area (Å²) in [6.45, 7) is 4.95. The van der Waals surface area contributed by atoms with Crippen molar-refractivity contribution in [2.45, 2.75) is 20.4 Å². The Morgan fingerprint density at radius 1 is 1.09 bits per heavy atom. The summed E-state index contributed by atoms with van der Waals surface area (Å²) in [4.78, 5) is 4.50. The van der Waals surface area contributed by atoms with Gasteiger partial charge in [0.1, 0.15) is 0 Å². The zero-order valence-corrected chi connectivity index (χ0v) is 14.4. The van der Waals surface area contributed by atoms with Gasteiger partial charge in [0.2, 0.25) is 5.95 Å². The van der Waals surface area contributed by atoms with Crippen LogP contribution in [0, 0.1) is 13.8 Å². The number of hydrogen-bond donors (Lipinski definition) is 1. The Bertz CT molecular complexity index is 836. The minimum absolute atomic E-state index is 0.692. The van der Waals surface area contributed by atoms with E-state index in [0.717, 1.165) is 22.2 Å². The molecule has 0 atom stereocenters. The maximum absolute atomic E-state index is 6.02. The molecule has 0 aliphatic rings. The highest BCUT2D eigenvalue weighted by atomic mass is 35.5. The normalized spacial score (nSPS) is 10.8. The fourth-order valence-corrected chi connectivity index (χ4v) is 2.78. The molecule has 0 spiro atoms. The van der Waals surface area contributed by atoms with E-state index in [0.29, 0.717) is 6.54 Å². The molecule has 2 aromatic carbocycles. The van der Waals surface area contributed by atoms with Crippen LogP contribution in [-0.4, -0.2) is 9.55 Å². The van der Waals surface area contributed by atoms with Crippen molar-refractivity contribution in [1.29, 1.82) is 0 Å². The monoisotopic (exact) mass is 325 g/mol. The van der Waals surface area contributed by atoms with Gasteiger partial charge in [-0.1, -0.05) is 35.9 Å². The quantitative estimate of drug-likeness (QED) is 0.734. The molecule has 1 N–H and O–H groups in total. The molecule has 0 fully saturated rings. The van der Waals surface area contributed by atoms with Gasteiger partial charge in [0.05, 0.1) is 11.9 Å². The van der Waals surface area contributed by atoms with Gasteiger partial charge in [-0.2, -0.15) is 0 Å². The first-order valence-corrected chi connectivity index (χ1v) is 8.00. The molecule has 0 bridgehead atoms. The van der Waals surface area contributed by atoms with Crippen molar-refractivity contribution in [2.24, 2.45) is 7.05 Å². The second kappa shape index (κ2) is 6.47. The lowest BCUT2D eigenvalue weighted by atomic mass is 10.0. The molecule has 118 valence electrons. The number of benzene rings is 2. The average Bonchev–Trinajstić information content (AvgIpc) is 2.89. The summed E-state index contributed by atoms with van der Waals surface area (Å²) in [6.07, 6.45) is 1.91. The fourth-order valence-electron chi connectivity index (χ4n) is 2.57. The molecule has 23 heavy (non-hydrogen) atoms. The number of nitrogens with zero attached hydrogens (tertiary/aromatic N) is 2. The van der Waals surface area contributed by atoms with E-state index in [-0.39, 0.29) is 0 Å². The molecular formula is C19H20ClN3. The van der Waals surface area contributed by atoms with Crippen LogP contribution >= 0.6 is 11.6 Å². The Morgan fingerprint density at radius 3 is 2.65 bits per heavy atom. The lowest BCUT2D eigenvalue weighted by Gasteiger charge is -2.10. The summed E-state index contributed by atoms with van der Waals surface area (Å²) in [6, 6.07) is 14.3. The van der Waals surface area contributed by atoms with Crippen molar-refractivity contribution in [3.05, 3.63) is 70.4 Å². The third-order valence-electron chi connectivity index (χ3n) is 4.13. The number of anilines is 1. The van der Waals surface area contributed by atoms with Gasteiger partial charge in [-0.05, 0) is 48.7 Å². The molecule has 4 heteroatoms. The molecule has 1 heterocycles. The van der Waals surface area contributed by atoms with Crippen LogP contribution < -0.4 is 5.32 Å². The van der Waals surface area contributed by atoms with E-state index in [4.69, 9.17) is 11.6 Å². The molecule has 0 unspecified atom stereocenters. The molecular weight excluding hydrogens is 306 g/mol. The maximum Gasteiger partial charge on any atom is 0.203 e. The van der Waals surface area contributed by atoms with Gasteiger partial charge in [0.25, 0.3) is 0 Å². The van der Waals surface area contributed by atoms with Crippen LogP contribution in [0.15, 0.2) is 48.7 Å². The highest BCUT2D eigenvalue weighted by Crippen LogP contribution is 2.24. The van der Waals surface area contributed by atoms with Gasteiger partial charge in [0, 0.05) is 24.2 Å². The highest BCUT2D eigenvalue weighted by molar-refractivity contribution is 6.30. The van der Waals surface area contributed by atoms with Crippen molar-refractivity contribution >= 4 is 17.5 Å². The van der Waals surface area contributed by atoms with Crippen molar-refractivity contribution in [3.8, 4) is 11.3 Å². The lowest BCUT2D eigenvalue weighted by molar-refractivity contribution is 0.906. The number of nitrogens with one attached hydrogen (secondary N) is 1. The minimum atomic E-state index is 0.692. The summed E-state index contributed by atoms with van der Waals surface area (Å²) < 4.78 is 2.08. The number of aromatic nitrogens is 2.